The first-order valence-corrected chi connectivity index (χ1v) is 6.04. The number of hydrogen-bond acceptors (Lipinski definition) is 3. The minimum absolute atomic E-state index is 0.0932. The summed E-state index contributed by atoms with van der Waals surface area (Å²) in [7, 11) is 1.38. The number of amides is 1. The lowest BCUT2D eigenvalue weighted by Crippen LogP contribution is -2.45. The molecule has 4 heteroatoms. The normalized spacial score (nSPS) is 22.3. The average Bonchev–Trinajstić information content (AvgIpc) is 2.67. The quantitative estimate of drug-likeness (QED) is 0.672. The highest BCUT2D eigenvalue weighted by Gasteiger charge is 2.39. The molecule has 0 bridgehead atoms. The van der Waals surface area contributed by atoms with Crippen molar-refractivity contribution < 1.29 is 14.3 Å². The first kappa shape index (κ1) is 13.0. The molecule has 92 valence electrons. The van der Waals surface area contributed by atoms with Crippen molar-refractivity contribution in [1.29, 1.82) is 0 Å². The number of nitrogens with zero attached hydrogens (tertiary/aromatic N) is 1. The van der Waals surface area contributed by atoms with Crippen molar-refractivity contribution in [2.75, 3.05) is 7.11 Å². The van der Waals surface area contributed by atoms with Crippen molar-refractivity contribution in [3.8, 4) is 0 Å². The van der Waals surface area contributed by atoms with Crippen LogP contribution in [-0.4, -0.2) is 36.0 Å². The summed E-state index contributed by atoms with van der Waals surface area (Å²) < 4.78 is 4.75. The lowest BCUT2D eigenvalue weighted by molar-refractivity contribution is -0.151. The summed E-state index contributed by atoms with van der Waals surface area (Å²) in [5.41, 5.74) is 0. The number of likely N-dealkylation sites (tertiary alicyclic amines) is 1. The third-order valence-corrected chi connectivity index (χ3v) is 3.22. The second-order valence-corrected chi connectivity index (χ2v) is 4.23. The van der Waals surface area contributed by atoms with Gasteiger partial charge in [0.25, 0.3) is 0 Å². The predicted octanol–water partition coefficient (Wildman–Crippen LogP) is 1.73. The van der Waals surface area contributed by atoms with Crippen molar-refractivity contribution in [2.45, 2.75) is 58.0 Å². The Morgan fingerprint density at radius 2 is 2.25 bits per heavy atom. The van der Waals surface area contributed by atoms with E-state index in [-0.39, 0.29) is 24.0 Å². The van der Waals surface area contributed by atoms with E-state index < -0.39 is 0 Å². The number of hydrogen-bond donors (Lipinski definition) is 0. The molecule has 1 rings (SSSR count). The van der Waals surface area contributed by atoms with E-state index in [1.807, 2.05) is 0 Å². The molecule has 0 N–H and O–H groups in total. The van der Waals surface area contributed by atoms with Gasteiger partial charge >= 0.3 is 5.97 Å². The Kier molecular flexibility index (Phi) is 4.77. The summed E-state index contributed by atoms with van der Waals surface area (Å²) in [6, 6.07) is -0.168. The molecule has 2 unspecified atom stereocenters. The average molecular weight is 227 g/mol. The largest absolute Gasteiger partial charge is 0.467 e. The van der Waals surface area contributed by atoms with Gasteiger partial charge in [-0.1, -0.05) is 20.3 Å². The van der Waals surface area contributed by atoms with Crippen LogP contribution in [0.5, 0.6) is 0 Å². The number of esters is 1. The van der Waals surface area contributed by atoms with E-state index in [4.69, 9.17) is 4.74 Å². The van der Waals surface area contributed by atoms with Crippen molar-refractivity contribution in [3.63, 3.8) is 0 Å². The maximum Gasteiger partial charge on any atom is 0.328 e. The van der Waals surface area contributed by atoms with Crippen LogP contribution in [0.4, 0.5) is 0 Å². The second kappa shape index (κ2) is 5.87. The number of carbonyl (C=O) groups is 2. The van der Waals surface area contributed by atoms with E-state index in [1.165, 1.54) is 7.11 Å². The van der Waals surface area contributed by atoms with Crippen LogP contribution in [0, 0.1) is 0 Å². The number of ether oxygens (including phenoxy) is 1. The van der Waals surface area contributed by atoms with Gasteiger partial charge < -0.3 is 9.64 Å². The first-order chi connectivity index (χ1) is 7.65. The molecule has 1 saturated heterocycles. The van der Waals surface area contributed by atoms with E-state index in [0.29, 0.717) is 12.8 Å². The van der Waals surface area contributed by atoms with E-state index in [1.54, 1.807) is 4.90 Å². The molecule has 0 radical (unpaired) electrons. The van der Waals surface area contributed by atoms with Gasteiger partial charge in [-0.05, 0) is 19.3 Å². The summed E-state index contributed by atoms with van der Waals surface area (Å²) in [6.07, 6.45) is 3.95. The first-order valence-electron chi connectivity index (χ1n) is 6.04. The molecule has 1 amide bonds. The minimum atomic E-state index is -0.353. The van der Waals surface area contributed by atoms with Gasteiger partial charge in [0, 0.05) is 12.5 Å². The highest BCUT2D eigenvalue weighted by atomic mass is 16.5. The van der Waals surface area contributed by atoms with Crippen LogP contribution in [0.15, 0.2) is 0 Å². The Morgan fingerprint density at radius 3 is 2.75 bits per heavy atom. The van der Waals surface area contributed by atoms with E-state index in [2.05, 4.69) is 13.8 Å². The summed E-state index contributed by atoms with van der Waals surface area (Å²) in [5.74, 6) is -0.184. The fraction of sp³-hybridized carbons (Fsp3) is 0.833. The smallest absolute Gasteiger partial charge is 0.328 e. The minimum Gasteiger partial charge on any atom is -0.467 e. The number of methoxy groups -OCH3 is 1. The van der Waals surface area contributed by atoms with Gasteiger partial charge in [0.05, 0.1) is 7.11 Å². The monoisotopic (exact) mass is 227 g/mol. The highest BCUT2D eigenvalue weighted by Crippen LogP contribution is 2.26. The maximum atomic E-state index is 11.8. The fourth-order valence-electron chi connectivity index (χ4n) is 2.40. The summed E-state index contributed by atoms with van der Waals surface area (Å²) in [4.78, 5) is 25.1. The molecule has 0 aromatic rings. The molecule has 0 aromatic heterocycles. The topological polar surface area (TPSA) is 46.6 Å². The Morgan fingerprint density at radius 1 is 1.56 bits per heavy atom. The third kappa shape index (κ3) is 2.54. The van der Waals surface area contributed by atoms with Gasteiger partial charge in [0.15, 0.2) is 0 Å². The van der Waals surface area contributed by atoms with Gasteiger partial charge in [-0.15, -0.1) is 0 Å². The van der Waals surface area contributed by atoms with Crippen LogP contribution in [0.3, 0.4) is 0 Å². The zero-order chi connectivity index (χ0) is 12.1. The van der Waals surface area contributed by atoms with Crippen LogP contribution in [-0.2, 0) is 14.3 Å². The van der Waals surface area contributed by atoms with Gasteiger partial charge in [0.2, 0.25) is 5.91 Å². The molecule has 2 atom stereocenters. The zero-order valence-electron chi connectivity index (χ0n) is 10.4. The van der Waals surface area contributed by atoms with Crippen molar-refractivity contribution in [3.05, 3.63) is 0 Å². The number of rotatable bonds is 5. The summed E-state index contributed by atoms with van der Waals surface area (Å²) in [5, 5.41) is 0. The Hall–Kier alpha value is -1.06. The molecule has 0 spiro atoms. The Bertz CT molecular complexity index is 265. The van der Waals surface area contributed by atoms with Gasteiger partial charge in [-0.2, -0.15) is 0 Å². The maximum absolute atomic E-state index is 11.8. The van der Waals surface area contributed by atoms with Crippen LogP contribution in [0.1, 0.15) is 46.0 Å². The molecule has 0 saturated carbocycles. The van der Waals surface area contributed by atoms with Crippen LogP contribution < -0.4 is 0 Å². The standard InChI is InChI=1S/C12H21NO3/c1-4-6-9(5-2)13-10(12(15)16-3)7-8-11(13)14/h9-10H,4-8H2,1-3H3. The number of carbonyl (C=O) groups excluding carboxylic acids is 2. The Balaban J connectivity index is 2.79. The predicted molar refractivity (Wildman–Crippen MR) is 60.9 cm³/mol. The lowest BCUT2D eigenvalue weighted by atomic mass is 10.1. The third-order valence-electron chi connectivity index (χ3n) is 3.22. The molecule has 16 heavy (non-hydrogen) atoms. The second-order valence-electron chi connectivity index (χ2n) is 4.23. The van der Waals surface area contributed by atoms with Crippen molar-refractivity contribution >= 4 is 11.9 Å². The van der Waals surface area contributed by atoms with Crippen molar-refractivity contribution in [2.24, 2.45) is 0 Å². The Labute approximate surface area is 96.9 Å². The molecule has 0 aromatic carbocycles. The molecular formula is C12H21NO3. The highest BCUT2D eigenvalue weighted by molar-refractivity contribution is 5.88. The molecule has 4 nitrogen and oxygen atoms in total. The van der Waals surface area contributed by atoms with Gasteiger partial charge in [-0.25, -0.2) is 4.79 Å². The summed E-state index contributed by atoms with van der Waals surface area (Å²) >= 11 is 0. The fourth-order valence-corrected chi connectivity index (χ4v) is 2.40. The molecule has 1 heterocycles. The molecule has 1 fully saturated rings. The van der Waals surface area contributed by atoms with E-state index in [0.717, 1.165) is 19.3 Å². The van der Waals surface area contributed by atoms with Crippen LogP contribution in [0.2, 0.25) is 0 Å². The molecule has 1 aliphatic heterocycles. The van der Waals surface area contributed by atoms with E-state index in [9.17, 15) is 9.59 Å². The molecule has 1 aliphatic rings. The molecule has 0 aliphatic carbocycles. The van der Waals surface area contributed by atoms with E-state index >= 15 is 0 Å². The van der Waals surface area contributed by atoms with Gasteiger partial charge in [0.1, 0.15) is 6.04 Å². The lowest BCUT2D eigenvalue weighted by Gasteiger charge is -2.31. The van der Waals surface area contributed by atoms with Crippen LogP contribution in [0.25, 0.3) is 0 Å². The van der Waals surface area contributed by atoms with Gasteiger partial charge in [-0.3, -0.25) is 4.79 Å². The zero-order valence-corrected chi connectivity index (χ0v) is 10.4. The van der Waals surface area contributed by atoms with Crippen molar-refractivity contribution in [1.82, 2.24) is 4.90 Å². The SMILES string of the molecule is CCCC(CC)N1C(=O)CCC1C(=O)OC. The molecular weight excluding hydrogens is 206 g/mol. The summed E-state index contributed by atoms with van der Waals surface area (Å²) in [6.45, 7) is 4.15. The van der Waals surface area contributed by atoms with Crippen LogP contribution >= 0.6 is 0 Å².